The number of aromatic nitrogens is 3. The number of amides is 1. The van der Waals surface area contributed by atoms with E-state index in [9.17, 15) is 14.4 Å². The highest BCUT2D eigenvalue weighted by atomic mass is 16.6. The largest absolute Gasteiger partial charge is 0.480 e. The van der Waals surface area contributed by atoms with E-state index in [1.165, 1.54) is 13.2 Å². The summed E-state index contributed by atoms with van der Waals surface area (Å²) >= 11 is 0. The van der Waals surface area contributed by atoms with Crippen LogP contribution in [0.25, 0.3) is 22.2 Å². The molecule has 0 radical (unpaired) electrons. The molecule has 0 bridgehead atoms. The van der Waals surface area contributed by atoms with Gasteiger partial charge in [0.1, 0.15) is 17.5 Å². The summed E-state index contributed by atoms with van der Waals surface area (Å²) in [4.78, 5) is 47.0. The van der Waals surface area contributed by atoms with E-state index in [1.807, 2.05) is 30.3 Å². The summed E-state index contributed by atoms with van der Waals surface area (Å²) in [6.45, 7) is 6.43. The Morgan fingerprint density at radius 1 is 1.21 bits per heavy atom. The number of nitrogens with zero attached hydrogens (tertiary/aromatic N) is 2. The van der Waals surface area contributed by atoms with Crippen LogP contribution >= 0.6 is 0 Å². The third kappa shape index (κ3) is 8.54. The highest BCUT2D eigenvalue weighted by Crippen LogP contribution is 2.31. The monoisotopic (exact) mass is 540 g/mol. The number of para-hydroxylation sites is 1. The second-order valence-electron chi connectivity index (χ2n) is 9.45. The maximum atomic E-state index is 12.5. The highest BCUT2D eigenvalue weighted by molar-refractivity contribution is 5.87. The van der Waals surface area contributed by atoms with Crippen molar-refractivity contribution < 1.29 is 38.4 Å². The van der Waals surface area contributed by atoms with E-state index in [0.717, 1.165) is 17.8 Å². The predicted octanol–water partition coefficient (Wildman–Crippen LogP) is 4.14. The summed E-state index contributed by atoms with van der Waals surface area (Å²) in [5.41, 5.74) is 1.36. The molecule has 0 fully saturated rings. The Balaban J connectivity index is 1.79. The van der Waals surface area contributed by atoms with Gasteiger partial charge >= 0.3 is 18.0 Å². The molecule has 3 aromatic rings. The minimum atomic E-state index is -1.36. The van der Waals surface area contributed by atoms with Crippen LogP contribution in [-0.2, 0) is 23.8 Å². The Morgan fingerprint density at radius 3 is 2.62 bits per heavy atom. The van der Waals surface area contributed by atoms with E-state index in [-0.39, 0.29) is 19.6 Å². The zero-order valence-corrected chi connectivity index (χ0v) is 22.4. The number of methoxy groups -OCH3 is 1. The number of H-pyrrole nitrogens is 1. The van der Waals surface area contributed by atoms with Crippen molar-refractivity contribution in [2.75, 3.05) is 20.3 Å². The number of aromatic amines is 1. The fraction of sp³-hybridized carbons (Fsp3) is 0.370. The molecule has 0 aliphatic rings. The SMILES string of the molecule is COc1nc2ccccc2cc1-c1cnc(C(COCC/C=C(\OC(C)=O)C(=O)O)NC(=O)OC(C)(C)C)[nH]1. The lowest BCUT2D eigenvalue weighted by atomic mass is 10.1. The Labute approximate surface area is 225 Å². The molecular weight excluding hydrogens is 508 g/mol. The minimum absolute atomic E-state index is 0.0108. The molecule has 0 saturated carbocycles. The van der Waals surface area contributed by atoms with Gasteiger partial charge in [-0.3, -0.25) is 4.79 Å². The van der Waals surface area contributed by atoms with E-state index in [0.29, 0.717) is 23.0 Å². The summed E-state index contributed by atoms with van der Waals surface area (Å²) in [7, 11) is 1.53. The van der Waals surface area contributed by atoms with Gasteiger partial charge in [0.25, 0.3) is 0 Å². The van der Waals surface area contributed by atoms with Crippen LogP contribution < -0.4 is 10.1 Å². The van der Waals surface area contributed by atoms with Crippen LogP contribution in [0.2, 0.25) is 0 Å². The van der Waals surface area contributed by atoms with Crippen molar-refractivity contribution in [1.29, 1.82) is 0 Å². The Hall–Kier alpha value is -4.45. The molecule has 12 heteroatoms. The zero-order valence-electron chi connectivity index (χ0n) is 22.4. The van der Waals surface area contributed by atoms with E-state index < -0.39 is 35.4 Å². The number of hydrogen-bond acceptors (Lipinski definition) is 9. The lowest BCUT2D eigenvalue weighted by Gasteiger charge is -2.23. The number of alkyl carbamates (subject to hydrolysis) is 1. The quantitative estimate of drug-likeness (QED) is 0.139. The van der Waals surface area contributed by atoms with E-state index in [4.69, 9.17) is 19.3 Å². The van der Waals surface area contributed by atoms with E-state index >= 15 is 0 Å². The van der Waals surface area contributed by atoms with Crippen molar-refractivity contribution in [2.45, 2.75) is 45.8 Å². The maximum absolute atomic E-state index is 12.5. The predicted molar refractivity (Wildman–Crippen MR) is 141 cm³/mol. The number of aliphatic carboxylic acids is 1. The van der Waals surface area contributed by atoms with Gasteiger partial charge in [-0.05, 0) is 45.4 Å². The van der Waals surface area contributed by atoms with Crippen LogP contribution in [0.1, 0.15) is 46.0 Å². The fourth-order valence-electron chi connectivity index (χ4n) is 3.54. The van der Waals surface area contributed by atoms with Gasteiger partial charge in [0.15, 0.2) is 0 Å². The van der Waals surface area contributed by atoms with E-state index in [2.05, 4.69) is 25.0 Å². The van der Waals surface area contributed by atoms with Crippen molar-refractivity contribution in [2.24, 2.45) is 0 Å². The minimum Gasteiger partial charge on any atom is -0.480 e. The molecule has 1 unspecified atom stereocenters. The van der Waals surface area contributed by atoms with Gasteiger partial charge in [0, 0.05) is 12.3 Å². The molecular formula is C27H32N4O8. The molecule has 0 spiro atoms. The molecule has 1 atom stereocenters. The van der Waals surface area contributed by atoms with Crippen molar-refractivity contribution >= 4 is 28.9 Å². The Morgan fingerprint density at radius 2 is 1.95 bits per heavy atom. The number of pyridine rings is 1. The summed E-state index contributed by atoms with van der Waals surface area (Å²) in [5.74, 6) is -1.78. The fourth-order valence-corrected chi connectivity index (χ4v) is 3.54. The summed E-state index contributed by atoms with van der Waals surface area (Å²) in [6.07, 6.45) is 2.33. The molecule has 208 valence electrons. The standard InChI is InChI=1S/C27H32N4O8/c1-16(32)38-22(25(33)34)11-8-12-37-15-21(31-26(35)39-27(2,3)4)23-28-14-20(29-23)18-13-17-9-6-7-10-19(17)30-24(18)36-5/h6-7,9-11,13-14,21H,8,12,15H2,1-5H3,(H,28,29)(H,31,35)(H,33,34)/b22-11-. The zero-order chi connectivity index (χ0) is 28.6. The Kier molecular flexibility index (Phi) is 9.61. The number of fused-ring (bicyclic) bond motifs is 1. The second-order valence-corrected chi connectivity index (χ2v) is 9.45. The summed E-state index contributed by atoms with van der Waals surface area (Å²) in [5, 5.41) is 12.8. The number of ether oxygens (including phenoxy) is 4. The van der Waals surface area contributed by atoms with Crippen LogP contribution in [0.15, 0.2) is 48.4 Å². The molecule has 39 heavy (non-hydrogen) atoms. The van der Waals surface area contributed by atoms with Crippen molar-refractivity contribution in [3.8, 4) is 17.1 Å². The third-order valence-corrected chi connectivity index (χ3v) is 5.13. The average molecular weight is 541 g/mol. The van der Waals surface area contributed by atoms with Gasteiger partial charge in [-0.15, -0.1) is 0 Å². The van der Waals surface area contributed by atoms with Gasteiger partial charge in [0.2, 0.25) is 11.6 Å². The van der Waals surface area contributed by atoms with Crippen LogP contribution in [0.3, 0.4) is 0 Å². The molecule has 12 nitrogen and oxygen atoms in total. The first-order chi connectivity index (χ1) is 18.5. The smallest absolute Gasteiger partial charge is 0.408 e. The van der Waals surface area contributed by atoms with E-state index in [1.54, 1.807) is 27.0 Å². The summed E-state index contributed by atoms with van der Waals surface area (Å²) in [6, 6.07) is 8.83. The average Bonchev–Trinajstić information content (AvgIpc) is 3.35. The molecule has 0 aliphatic heterocycles. The van der Waals surface area contributed by atoms with Crippen LogP contribution in [0.4, 0.5) is 4.79 Å². The third-order valence-electron chi connectivity index (χ3n) is 5.13. The van der Waals surface area contributed by atoms with Crippen molar-refractivity contribution in [3.05, 3.63) is 54.2 Å². The van der Waals surface area contributed by atoms with Gasteiger partial charge < -0.3 is 34.4 Å². The van der Waals surface area contributed by atoms with Crippen molar-refractivity contribution in [3.63, 3.8) is 0 Å². The molecule has 0 aliphatic carbocycles. The first-order valence-corrected chi connectivity index (χ1v) is 12.1. The lowest BCUT2D eigenvalue weighted by molar-refractivity contribution is -0.146. The number of carbonyl (C=O) groups excluding carboxylic acids is 2. The molecule has 0 saturated heterocycles. The van der Waals surface area contributed by atoms with Crippen molar-refractivity contribution in [1.82, 2.24) is 20.3 Å². The Bertz CT molecular complexity index is 1360. The number of imidazole rings is 1. The number of carboxylic acid groups (broad SMARTS) is 1. The van der Waals surface area contributed by atoms with Gasteiger partial charge in [-0.2, -0.15) is 0 Å². The number of hydrogen-bond donors (Lipinski definition) is 3. The normalized spacial score (nSPS) is 12.6. The summed E-state index contributed by atoms with van der Waals surface area (Å²) < 4.78 is 21.2. The number of esters is 1. The molecule has 1 amide bonds. The number of benzene rings is 1. The lowest BCUT2D eigenvalue weighted by Crippen LogP contribution is -2.37. The molecule has 3 N–H and O–H groups in total. The van der Waals surface area contributed by atoms with Crippen LogP contribution in [-0.4, -0.2) is 64.0 Å². The van der Waals surface area contributed by atoms with Crippen LogP contribution in [0, 0.1) is 0 Å². The van der Waals surface area contributed by atoms with Gasteiger partial charge in [-0.1, -0.05) is 18.2 Å². The topological polar surface area (TPSA) is 162 Å². The highest BCUT2D eigenvalue weighted by Gasteiger charge is 2.24. The number of carboxylic acids is 1. The molecule has 3 rings (SSSR count). The second kappa shape index (κ2) is 12.9. The van der Waals surface area contributed by atoms with Gasteiger partial charge in [0.05, 0.1) is 43.3 Å². The molecule has 1 aromatic carbocycles. The van der Waals surface area contributed by atoms with Crippen LogP contribution in [0.5, 0.6) is 5.88 Å². The maximum Gasteiger partial charge on any atom is 0.408 e. The number of rotatable bonds is 11. The molecule has 2 aromatic heterocycles. The van der Waals surface area contributed by atoms with Gasteiger partial charge in [-0.25, -0.2) is 19.6 Å². The number of nitrogens with one attached hydrogen (secondary N) is 2. The number of carbonyl (C=O) groups is 3. The first kappa shape index (κ1) is 29.1. The first-order valence-electron chi connectivity index (χ1n) is 12.1. The molecule has 2 heterocycles.